The van der Waals surface area contributed by atoms with E-state index in [4.69, 9.17) is 4.52 Å². The molecule has 6 nitrogen and oxygen atoms in total. The smallest absolute Gasteiger partial charge is 0.251 e. The van der Waals surface area contributed by atoms with Gasteiger partial charge in [0, 0.05) is 48.4 Å². The third-order valence-electron chi connectivity index (χ3n) is 5.04. The molecule has 4 rings (SSSR count). The number of pyridine rings is 1. The van der Waals surface area contributed by atoms with Gasteiger partial charge in [-0.05, 0) is 44.5 Å². The number of amides is 1. The third kappa shape index (κ3) is 3.32. The fraction of sp³-hybridized carbons (Fsp3) is 0.350. The number of carbonyl (C=O) groups is 1. The molecule has 1 unspecified atom stereocenters. The zero-order chi connectivity index (χ0) is 18.1. The summed E-state index contributed by atoms with van der Waals surface area (Å²) >= 11 is 0. The van der Waals surface area contributed by atoms with Crippen LogP contribution in [0.5, 0.6) is 0 Å². The average Bonchev–Trinajstić information content (AvgIpc) is 3.22. The molecule has 0 aliphatic carbocycles. The van der Waals surface area contributed by atoms with Crippen molar-refractivity contribution in [1.29, 1.82) is 0 Å². The van der Waals surface area contributed by atoms with Crippen LogP contribution in [-0.2, 0) is 6.54 Å². The number of aryl methyl sites for hydroxylation is 2. The average molecular weight is 350 g/mol. The highest BCUT2D eigenvalue weighted by molar-refractivity contribution is 5.98. The fourth-order valence-electron chi connectivity index (χ4n) is 3.53. The van der Waals surface area contributed by atoms with E-state index >= 15 is 0 Å². The second-order valence-corrected chi connectivity index (χ2v) is 6.91. The first kappa shape index (κ1) is 16.7. The minimum absolute atomic E-state index is 0.0278. The highest BCUT2D eigenvalue weighted by Crippen LogP contribution is 2.19. The van der Waals surface area contributed by atoms with E-state index in [1.165, 1.54) is 0 Å². The Labute approximate surface area is 152 Å². The molecular formula is C20H22N4O2. The Morgan fingerprint density at radius 2 is 2.23 bits per heavy atom. The van der Waals surface area contributed by atoms with Crippen molar-refractivity contribution in [3.8, 4) is 0 Å². The van der Waals surface area contributed by atoms with Gasteiger partial charge in [-0.1, -0.05) is 11.2 Å². The van der Waals surface area contributed by atoms with E-state index in [0.29, 0.717) is 5.56 Å². The van der Waals surface area contributed by atoms with E-state index in [1.807, 2.05) is 44.2 Å². The molecule has 1 aliphatic heterocycles. The van der Waals surface area contributed by atoms with Gasteiger partial charge >= 0.3 is 0 Å². The molecule has 0 spiro atoms. The van der Waals surface area contributed by atoms with Gasteiger partial charge in [0.05, 0.1) is 11.2 Å². The van der Waals surface area contributed by atoms with Gasteiger partial charge < -0.3 is 9.84 Å². The number of nitrogens with one attached hydrogen (secondary N) is 1. The molecule has 3 aromatic rings. The van der Waals surface area contributed by atoms with Gasteiger partial charge in [0.25, 0.3) is 5.91 Å². The first-order chi connectivity index (χ1) is 12.6. The van der Waals surface area contributed by atoms with Gasteiger partial charge in [-0.15, -0.1) is 0 Å². The molecule has 1 saturated heterocycles. The summed E-state index contributed by atoms with van der Waals surface area (Å²) in [5.74, 6) is 0.847. The number of hydrogen-bond acceptors (Lipinski definition) is 5. The number of likely N-dealkylation sites (tertiary alicyclic amines) is 1. The van der Waals surface area contributed by atoms with Crippen LogP contribution in [0.1, 0.15) is 33.8 Å². The van der Waals surface area contributed by atoms with Crippen LogP contribution in [0.4, 0.5) is 0 Å². The number of benzene rings is 1. The number of carbonyl (C=O) groups excluding carboxylic acids is 1. The number of hydrogen-bond donors (Lipinski definition) is 1. The van der Waals surface area contributed by atoms with Gasteiger partial charge in [-0.2, -0.15) is 0 Å². The summed E-state index contributed by atoms with van der Waals surface area (Å²) < 4.78 is 5.24. The molecule has 1 fully saturated rings. The maximum absolute atomic E-state index is 12.6. The molecule has 1 amide bonds. The minimum Gasteiger partial charge on any atom is -0.361 e. The summed E-state index contributed by atoms with van der Waals surface area (Å²) in [5.41, 5.74) is 3.67. The summed E-state index contributed by atoms with van der Waals surface area (Å²) in [6.07, 6.45) is 2.71. The summed E-state index contributed by atoms with van der Waals surface area (Å²) in [7, 11) is 0. The molecule has 2 aromatic heterocycles. The van der Waals surface area contributed by atoms with E-state index in [9.17, 15) is 4.79 Å². The number of rotatable bonds is 4. The molecule has 1 N–H and O–H groups in total. The molecular weight excluding hydrogens is 328 g/mol. The molecule has 1 aliphatic rings. The van der Waals surface area contributed by atoms with Crippen LogP contribution < -0.4 is 5.32 Å². The SMILES string of the molecule is Cc1noc(C)c1CN1CCC(NC(=O)c2ccc3ncccc3c2)C1. The van der Waals surface area contributed by atoms with Crippen LogP contribution in [-0.4, -0.2) is 40.1 Å². The fourth-order valence-corrected chi connectivity index (χ4v) is 3.53. The van der Waals surface area contributed by atoms with Gasteiger partial charge in [0.2, 0.25) is 0 Å². The van der Waals surface area contributed by atoms with Gasteiger partial charge in [-0.25, -0.2) is 0 Å². The minimum atomic E-state index is -0.0278. The van der Waals surface area contributed by atoms with Crippen molar-refractivity contribution >= 4 is 16.8 Å². The first-order valence-electron chi connectivity index (χ1n) is 8.90. The quantitative estimate of drug-likeness (QED) is 0.783. The van der Waals surface area contributed by atoms with Crippen LogP contribution in [0.25, 0.3) is 10.9 Å². The number of fused-ring (bicyclic) bond motifs is 1. The Kier molecular flexibility index (Phi) is 4.42. The van der Waals surface area contributed by atoms with Crippen molar-refractivity contribution in [3.63, 3.8) is 0 Å². The van der Waals surface area contributed by atoms with Crippen molar-refractivity contribution in [2.75, 3.05) is 13.1 Å². The predicted molar refractivity (Wildman–Crippen MR) is 98.9 cm³/mol. The predicted octanol–water partition coefficient (Wildman–Crippen LogP) is 2.84. The molecule has 0 radical (unpaired) electrons. The van der Waals surface area contributed by atoms with Crippen LogP contribution >= 0.6 is 0 Å². The Balaban J connectivity index is 1.39. The first-order valence-corrected chi connectivity index (χ1v) is 8.90. The lowest BCUT2D eigenvalue weighted by molar-refractivity contribution is 0.0937. The molecule has 26 heavy (non-hydrogen) atoms. The Morgan fingerprint density at radius 3 is 3.04 bits per heavy atom. The van der Waals surface area contributed by atoms with Crippen LogP contribution in [0.15, 0.2) is 41.1 Å². The van der Waals surface area contributed by atoms with Crippen molar-refractivity contribution in [1.82, 2.24) is 20.4 Å². The lowest BCUT2D eigenvalue weighted by Gasteiger charge is -2.16. The van der Waals surface area contributed by atoms with Crippen molar-refractivity contribution in [3.05, 3.63) is 59.1 Å². The van der Waals surface area contributed by atoms with E-state index in [2.05, 4.69) is 20.4 Å². The lowest BCUT2D eigenvalue weighted by Crippen LogP contribution is -2.37. The molecule has 3 heterocycles. The van der Waals surface area contributed by atoms with E-state index in [0.717, 1.165) is 54.0 Å². The highest BCUT2D eigenvalue weighted by atomic mass is 16.5. The molecule has 0 saturated carbocycles. The molecule has 1 atom stereocenters. The second kappa shape index (κ2) is 6.88. The normalized spacial score (nSPS) is 17.7. The van der Waals surface area contributed by atoms with E-state index in [1.54, 1.807) is 6.20 Å². The monoisotopic (exact) mass is 350 g/mol. The van der Waals surface area contributed by atoms with Gasteiger partial charge in [-0.3, -0.25) is 14.7 Å². The third-order valence-corrected chi connectivity index (χ3v) is 5.04. The maximum atomic E-state index is 12.6. The van der Waals surface area contributed by atoms with Crippen molar-refractivity contribution in [2.45, 2.75) is 32.9 Å². The van der Waals surface area contributed by atoms with Crippen LogP contribution in [0.2, 0.25) is 0 Å². The second-order valence-electron chi connectivity index (χ2n) is 6.91. The Bertz CT molecular complexity index is 930. The van der Waals surface area contributed by atoms with Crippen LogP contribution in [0, 0.1) is 13.8 Å². The van der Waals surface area contributed by atoms with E-state index < -0.39 is 0 Å². The molecule has 1 aromatic carbocycles. The van der Waals surface area contributed by atoms with Crippen LogP contribution in [0.3, 0.4) is 0 Å². The largest absolute Gasteiger partial charge is 0.361 e. The van der Waals surface area contributed by atoms with Gasteiger partial charge in [0.15, 0.2) is 0 Å². The molecule has 134 valence electrons. The summed E-state index contributed by atoms with van der Waals surface area (Å²) in [4.78, 5) is 19.2. The highest BCUT2D eigenvalue weighted by Gasteiger charge is 2.25. The zero-order valence-electron chi connectivity index (χ0n) is 15.0. The summed E-state index contributed by atoms with van der Waals surface area (Å²) in [6, 6.07) is 9.64. The van der Waals surface area contributed by atoms with Crippen molar-refractivity contribution < 1.29 is 9.32 Å². The summed E-state index contributed by atoms with van der Waals surface area (Å²) in [5, 5.41) is 8.15. The molecule has 0 bridgehead atoms. The lowest BCUT2D eigenvalue weighted by atomic mass is 10.1. The number of nitrogens with zero attached hydrogens (tertiary/aromatic N) is 3. The number of aromatic nitrogens is 2. The standard InChI is InChI=1S/C20H22N4O2/c1-13-18(14(2)26-23-13)12-24-9-7-17(11-24)22-20(25)16-5-6-19-15(10-16)4-3-8-21-19/h3-6,8,10,17H,7,9,11-12H2,1-2H3,(H,22,25). The Morgan fingerprint density at radius 1 is 1.35 bits per heavy atom. The zero-order valence-corrected chi connectivity index (χ0v) is 15.0. The molecule has 6 heteroatoms. The van der Waals surface area contributed by atoms with E-state index in [-0.39, 0.29) is 11.9 Å². The van der Waals surface area contributed by atoms with Crippen molar-refractivity contribution in [2.24, 2.45) is 0 Å². The van der Waals surface area contributed by atoms with Gasteiger partial charge in [0.1, 0.15) is 5.76 Å². The Hall–Kier alpha value is -2.73. The topological polar surface area (TPSA) is 71.3 Å². The summed E-state index contributed by atoms with van der Waals surface area (Å²) in [6.45, 7) is 6.52. The maximum Gasteiger partial charge on any atom is 0.251 e.